The average molecular weight is 341 g/mol. The quantitative estimate of drug-likeness (QED) is 0.729. The summed E-state index contributed by atoms with van der Waals surface area (Å²) < 4.78 is 5.08. The predicted molar refractivity (Wildman–Crippen MR) is 77.4 cm³/mol. The van der Waals surface area contributed by atoms with Crippen LogP contribution in [-0.2, 0) is 11.3 Å². The minimum atomic E-state index is 0.304. The smallest absolute Gasteiger partial charge is 0.0600 e. The molecule has 0 bridgehead atoms. The van der Waals surface area contributed by atoms with Crippen molar-refractivity contribution in [3.8, 4) is 0 Å². The van der Waals surface area contributed by atoms with E-state index in [1.807, 2.05) is 25.2 Å². The third-order valence-corrected chi connectivity index (χ3v) is 3.61. The Balaban J connectivity index is 2.59. The van der Waals surface area contributed by atoms with Crippen molar-refractivity contribution >= 4 is 39.1 Å². The maximum Gasteiger partial charge on any atom is 0.0600 e. The monoisotopic (exact) mass is 339 g/mol. The highest BCUT2D eigenvalue weighted by Crippen LogP contribution is 2.25. The van der Waals surface area contributed by atoms with Gasteiger partial charge in [-0.2, -0.15) is 0 Å². The van der Waals surface area contributed by atoms with Gasteiger partial charge in [0.1, 0.15) is 0 Å². The SMILES string of the molecule is COCC(Br)CN(C)Cc1c(Cl)cccc1Cl. The number of benzene rings is 1. The number of nitrogens with zero attached hydrogens (tertiary/aromatic N) is 1. The molecular formula is C12H16BrCl2NO. The Labute approximate surface area is 121 Å². The fourth-order valence-corrected chi connectivity index (χ4v) is 2.87. The normalized spacial score (nSPS) is 13.1. The van der Waals surface area contributed by atoms with Gasteiger partial charge in [-0.15, -0.1) is 0 Å². The van der Waals surface area contributed by atoms with Crippen molar-refractivity contribution in [3.63, 3.8) is 0 Å². The molecule has 2 nitrogen and oxygen atoms in total. The lowest BCUT2D eigenvalue weighted by atomic mass is 10.2. The molecule has 0 spiro atoms. The Morgan fingerprint density at radius 2 is 1.94 bits per heavy atom. The lowest BCUT2D eigenvalue weighted by Gasteiger charge is -2.21. The zero-order chi connectivity index (χ0) is 12.8. The van der Waals surface area contributed by atoms with Crippen LogP contribution in [0.4, 0.5) is 0 Å². The fraction of sp³-hybridized carbons (Fsp3) is 0.500. The summed E-state index contributed by atoms with van der Waals surface area (Å²) in [6, 6.07) is 5.57. The second-order valence-corrected chi connectivity index (χ2v) is 6.06. The third kappa shape index (κ3) is 5.14. The zero-order valence-corrected chi connectivity index (χ0v) is 13.0. The summed E-state index contributed by atoms with van der Waals surface area (Å²) in [7, 11) is 3.72. The van der Waals surface area contributed by atoms with Crippen LogP contribution in [0.1, 0.15) is 5.56 Å². The summed E-state index contributed by atoms with van der Waals surface area (Å²) in [5.74, 6) is 0. The minimum Gasteiger partial charge on any atom is -0.383 e. The molecule has 17 heavy (non-hydrogen) atoms. The molecule has 1 atom stereocenters. The van der Waals surface area contributed by atoms with Gasteiger partial charge >= 0.3 is 0 Å². The summed E-state index contributed by atoms with van der Waals surface area (Å²) in [5.41, 5.74) is 0.968. The van der Waals surface area contributed by atoms with Crippen LogP contribution in [-0.4, -0.2) is 37.0 Å². The summed E-state index contributed by atoms with van der Waals surface area (Å²) in [6.07, 6.45) is 0. The first-order chi connectivity index (χ1) is 8.04. The van der Waals surface area contributed by atoms with E-state index < -0.39 is 0 Å². The zero-order valence-electron chi connectivity index (χ0n) is 9.92. The van der Waals surface area contributed by atoms with Gasteiger partial charge in [-0.3, -0.25) is 0 Å². The number of ether oxygens (including phenoxy) is 1. The predicted octanol–water partition coefficient (Wildman–Crippen LogP) is 3.84. The van der Waals surface area contributed by atoms with E-state index in [9.17, 15) is 0 Å². The summed E-state index contributed by atoms with van der Waals surface area (Å²) >= 11 is 15.8. The van der Waals surface area contributed by atoms with Gasteiger partial charge in [0, 0.05) is 35.8 Å². The molecule has 0 aromatic heterocycles. The van der Waals surface area contributed by atoms with Crippen LogP contribution < -0.4 is 0 Å². The van der Waals surface area contributed by atoms with Crippen molar-refractivity contribution in [3.05, 3.63) is 33.8 Å². The molecule has 5 heteroatoms. The topological polar surface area (TPSA) is 12.5 Å². The van der Waals surface area contributed by atoms with Gasteiger partial charge in [-0.25, -0.2) is 0 Å². The summed E-state index contributed by atoms with van der Waals surface area (Å²) in [4.78, 5) is 2.46. The van der Waals surface area contributed by atoms with E-state index in [-0.39, 0.29) is 0 Å². The van der Waals surface area contributed by atoms with Crippen LogP contribution in [0.5, 0.6) is 0 Å². The number of alkyl halides is 1. The maximum absolute atomic E-state index is 6.12. The fourth-order valence-electron chi connectivity index (χ4n) is 1.59. The van der Waals surface area contributed by atoms with Gasteiger partial charge in [0.2, 0.25) is 0 Å². The van der Waals surface area contributed by atoms with Gasteiger partial charge in [-0.05, 0) is 19.2 Å². The highest BCUT2D eigenvalue weighted by atomic mass is 79.9. The number of halogens is 3. The van der Waals surface area contributed by atoms with Gasteiger partial charge in [0.15, 0.2) is 0 Å². The Kier molecular flexibility index (Phi) is 6.82. The second kappa shape index (κ2) is 7.59. The van der Waals surface area contributed by atoms with Crippen LogP contribution in [0.3, 0.4) is 0 Å². The first-order valence-corrected chi connectivity index (χ1v) is 6.96. The van der Waals surface area contributed by atoms with Crippen molar-refractivity contribution in [2.45, 2.75) is 11.4 Å². The molecule has 0 heterocycles. The lowest BCUT2D eigenvalue weighted by molar-refractivity contribution is 0.185. The van der Waals surface area contributed by atoms with E-state index in [1.165, 1.54) is 0 Å². The molecule has 96 valence electrons. The van der Waals surface area contributed by atoms with E-state index in [0.29, 0.717) is 21.5 Å². The van der Waals surface area contributed by atoms with Crippen molar-refractivity contribution in [2.24, 2.45) is 0 Å². The van der Waals surface area contributed by atoms with E-state index >= 15 is 0 Å². The second-order valence-electron chi connectivity index (χ2n) is 3.95. The van der Waals surface area contributed by atoms with Crippen molar-refractivity contribution in [1.29, 1.82) is 0 Å². The molecule has 1 rings (SSSR count). The molecule has 1 aromatic carbocycles. The van der Waals surface area contributed by atoms with Crippen molar-refractivity contribution < 1.29 is 4.74 Å². The van der Waals surface area contributed by atoms with Crippen LogP contribution in [0.15, 0.2) is 18.2 Å². The van der Waals surface area contributed by atoms with Crippen molar-refractivity contribution in [2.75, 3.05) is 27.3 Å². The van der Waals surface area contributed by atoms with Crippen LogP contribution in [0.2, 0.25) is 10.0 Å². The minimum absolute atomic E-state index is 0.304. The van der Waals surface area contributed by atoms with Crippen LogP contribution >= 0.6 is 39.1 Å². The largest absolute Gasteiger partial charge is 0.383 e. The Hall–Kier alpha value is 0.200. The van der Waals surface area contributed by atoms with E-state index in [0.717, 1.165) is 18.7 Å². The van der Waals surface area contributed by atoms with Gasteiger partial charge in [-0.1, -0.05) is 45.2 Å². The molecular weight excluding hydrogens is 325 g/mol. The van der Waals surface area contributed by atoms with Crippen LogP contribution in [0.25, 0.3) is 0 Å². The molecule has 0 aliphatic heterocycles. The highest BCUT2D eigenvalue weighted by Gasteiger charge is 2.11. The molecule has 0 N–H and O–H groups in total. The van der Waals surface area contributed by atoms with E-state index in [4.69, 9.17) is 27.9 Å². The van der Waals surface area contributed by atoms with E-state index in [2.05, 4.69) is 20.8 Å². The molecule has 0 fully saturated rings. The Morgan fingerprint density at radius 3 is 2.47 bits per heavy atom. The first-order valence-electron chi connectivity index (χ1n) is 5.29. The first kappa shape index (κ1) is 15.3. The third-order valence-electron chi connectivity index (χ3n) is 2.35. The molecule has 1 aromatic rings. The Morgan fingerprint density at radius 1 is 1.35 bits per heavy atom. The molecule has 0 saturated heterocycles. The molecule has 1 unspecified atom stereocenters. The summed E-state index contributed by atoms with van der Waals surface area (Å²) in [5, 5.41) is 1.42. The van der Waals surface area contributed by atoms with Crippen LogP contribution in [0, 0.1) is 0 Å². The molecule has 0 amide bonds. The Bertz CT molecular complexity index is 342. The number of methoxy groups -OCH3 is 1. The van der Waals surface area contributed by atoms with E-state index in [1.54, 1.807) is 7.11 Å². The molecule has 0 aliphatic rings. The lowest BCUT2D eigenvalue weighted by Crippen LogP contribution is -2.28. The maximum atomic E-state index is 6.12. The number of rotatable bonds is 6. The van der Waals surface area contributed by atoms with Gasteiger partial charge in [0.05, 0.1) is 11.4 Å². The van der Waals surface area contributed by atoms with Crippen molar-refractivity contribution in [1.82, 2.24) is 4.90 Å². The standard InChI is InChI=1S/C12H16BrCl2NO/c1-16(6-9(13)8-17-2)7-10-11(14)4-3-5-12(10)15/h3-5,9H,6-8H2,1-2H3. The molecule has 0 saturated carbocycles. The summed E-state index contributed by atoms with van der Waals surface area (Å²) in [6.45, 7) is 2.28. The number of hydrogen-bond donors (Lipinski definition) is 0. The number of hydrogen-bond acceptors (Lipinski definition) is 2. The average Bonchev–Trinajstić information content (AvgIpc) is 2.24. The highest BCUT2D eigenvalue weighted by molar-refractivity contribution is 9.09. The molecule has 0 aliphatic carbocycles. The van der Waals surface area contributed by atoms with Gasteiger partial charge in [0.25, 0.3) is 0 Å². The van der Waals surface area contributed by atoms with Gasteiger partial charge < -0.3 is 9.64 Å². The molecule has 0 radical (unpaired) electrons.